The van der Waals surface area contributed by atoms with Crippen molar-refractivity contribution in [2.45, 2.75) is 6.54 Å². The molecule has 1 heterocycles. The summed E-state index contributed by atoms with van der Waals surface area (Å²) < 4.78 is 26.1. The minimum atomic E-state index is -0.972. The summed E-state index contributed by atoms with van der Waals surface area (Å²) in [7, 11) is 0. The number of nitrogens with two attached hydrogens (primary N) is 1. The summed E-state index contributed by atoms with van der Waals surface area (Å²) in [5.74, 6) is -2.16. The molecule has 2 N–H and O–H groups in total. The molecule has 3 rings (SSSR count). The van der Waals surface area contributed by atoms with Gasteiger partial charge in [0, 0.05) is 23.0 Å². The summed E-state index contributed by atoms with van der Waals surface area (Å²) in [6, 6.07) is 8.48. The van der Waals surface area contributed by atoms with E-state index in [1.807, 2.05) is 0 Å². The Balaban J connectivity index is 2.01. The zero-order valence-electron chi connectivity index (χ0n) is 9.86. The first-order valence-corrected chi connectivity index (χ1v) is 5.71. The second-order valence-corrected chi connectivity index (χ2v) is 4.41. The third kappa shape index (κ3) is 1.83. The van der Waals surface area contributed by atoms with Crippen LogP contribution in [0.25, 0.3) is 0 Å². The maximum absolute atomic E-state index is 13.2. The van der Waals surface area contributed by atoms with Crippen molar-refractivity contribution in [2.75, 3.05) is 10.6 Å². The second-order valence-electron chi connectivity index (χ2n) is 4.41. The molecule has 0 saturated carbocycles. The lowest BCUT2D eigenvalue weighted by molar-refractivity contribution is 0.0996. The zero-order valence-corrected chi connectivity index (χ0v) is 9.86. The van der Waals surface area contributed by atoms with Gasteiger partial charge in [0.2, 0.25) is 0 Å². The molecule has 1 aliphatic rings. The lowest BCUT2D eigenvalue weighted by atomic mass is 10.1. The minimum Gasteiger partial charge on any atom is -0.399 e. The summed E-state index contributed by atoms with van der Waals surface area (Å²) >= 11 is 0. The number of nitrogen functional groups attached to an aromatic ring is 1. The summed E-state index contributed by atoms with van der Waals surface area (Å²) in [4.78, 5) is 13.6. The largest absolute Gasteiger partial charge is 0.399 e. The maximum atomic E-state index is 13.2. The van der Waals surface area contributed by atoms with Crippen LogP contribution in [-0.4, -0.2) is 5.91 Å². The van der Waals surface area contributed by atoms with Gasteiger partial charge >= 0.3 is 0 Å². The quantitative estimate of drug-likeness (QED) is 0.801. The van der Waals surface area contributed by atoms with Crippen LogP contribution in [0.4, 0.5) is 20.2 Å². The Morgan fingerprint density at radius 2 is 1.84 bits per heavy atom. The van der Waals surface area contributed by atoms with Gasteiger partial charge in [0.05, 0.1) is 6.54 Å². The molecule has 1 amide bonds. The van der Waals surface area contributed by atoms with Gasteiger partial charge in [0.25, 0.3) is 5.91 Å². The summed E-state index contributed by atoms with van der Waals surface area (Å²) in [6.07, 6.45) is 0. The number of benzene rings is 2. The second kappa shape index (κ2) is 4.05. The van der Waals surface area contributed by atoms with E-state index in [1.165, 1.54) is 11.0 Å². The van der Waals surface area contributed by atoms with Crippen LogP contribution >= 0.6 is 0 Å². The Morgan fingerprint density at radius 3 is 2.58 bits per heavy atom. The Kier molecular flexibility index (Phi) is 2.48. The molecular weight excluding hydrogens is 250 g/mol. The number of hydrogen-bond donors (Lipinski definition) is 1. The Bertz CT molecular complexity index is 685. The average molecular weight is 260 g/mol. The van der Waals surface area contributed by atoms with Crippen LogP contribution in [0.5, 0.6) is 0 Å². The van der Waals surface area contributed by atoms with E-state index >= 15 is 0 Å². The molecule has 2 aromatic carbocycles. The molecule has 1 aliphatic heterocycles. The number of anilines is 2. The van der Waals surface area contributed by atoms with E-state index in [1.54, 1.807) is 18.2 Å². The lowest BCUT2D eigenvalue weighted by Crippen LogP contribution is -2.23. The molecule has 0 spiro atoms. The van der Waals surface area contributed by atoms with Crippen LogP contribution in [0.1, 0.15) is 15.9 Å². The molecule has 0 bridgehead atoms. The van der Waals surface area contributed by atoms with E-state index in [9.17, 15) is 13.6 Å². The SMILES string of the molecule is Nc1ccc2c(c1)C(=O)N(c1ccc(F)c(F)c1)C2. The van der Waals surface area contributed by atoms with Crippen LogP contribution in [0.2, 0.25) is 0 Å². The molecule has 0 aromatic heterocycles. The van der Waals surface area contributed by atoms with E-state index in [4.69, 9.17) is 5.73 Å². The summed E-state index contributed by atoms with van der Waals surface area (Å²) in [5, 5.41) is 0. The van der Waals surface area contributed by atoms with Gasteiger partial charge in [0.15, 0.2) is 11.6 Å². The number of hydrogen-bond acceptors (Lipinski definition) is 2. The van der Waals surface area contributed by atoms with Crippen LogP contribution < -0.4 is 10.6 Å². The van der Waals surface area contributed by atoms with Crippen molar-refractivity contribution in [3.05, 3.63) is 59.2 Å². The molecule has 19 heavy (non-hydrogen) atoms. The molecule has 0 saturated heterocycles. The van der Waals surface area contributed by atoms with Crippen LogP contribution in [0.15, 0.2) is 36.4 Å². The number of rotatable bonds is 1. The van der Waals surface area contributed by atoms with Gasteiger partial charge < -0.3 is 10.6 Å². The normalized spacial score (nSPS) is 13.8. The van der Waals surface area contributed by atoms with Gasteiger partial charge in [-0.15, -0.1) is 0 Å². The van der Waals surface area contributed by atoms with E-state index in [0.29, 0.717) is 23.5 Å². The molecule has 5 heteroatoms. The number of nitrogens with zero attached hydrogens (tertiary/aromatic N) is 1. The van der Waals surface area contributed by atoms with Gasteiger partial charge in [-0.1, -0.05) is 6.07 Å². The van der Waals surface area contributed by atoms with E-state index < -0.39 is 11.6 Å². The first-order chi connectivity index (χ1) is 9.06. The Hall–Kier alpha value is -2.43. The number of fused-ring (bicyclic) bond motifs is 1. The highest BCUT2D eigenvalue weighted by atomic mass is 19.2. The molecule has 96 valence electrons. The molecule has 0 radical (unpaired) electrons. The van der Waals surface area contributed by atoms with Crippen molar-refractivity contribution in [3.63, 3.8) is 0 Å². The third-order valence-corrected chi connectivity index (χ3v) is 3.15. The highest BCUT2D eigenvalue weighted by Gasteiger charge is 2.28. The number of halogens is 2. The highest BCUT2D eigenvalue weighted by Crippen LogP contribution is 2.30. The van der Waals surface area contributed by atoms with Gasteiger partial charge in [-0.2, -0.15) is 0 Å². The molecule has 2 aromatic rings. The smallest absolute Gasteiger partial charge is 0.259 e. The highest BCUT2D eigenvalue weighted by molar-refractivity contribution is 6.10. The van der Waals surface area contributed by atoms with Crippen molar-refractivity contribution in [3.8, 4) is 0 Å². The first kappa shape index (κ1) is 11.6. The van der Waals surface area contributed by atoms with Crippen LogP contribution in [-0.2, 0) is 6.54 Å². The molecule has 0 unspecified atom stereocenters. The number of carbonyl (C=O) groups is 1. The predicted octanol–water partition coefficient (Wildman–Crippen LogP) is 2.71. The van der Waals surface area contributed by atoms with Crippen LogP contribution in [0, 0.1) is 11.6 Å². The van der Waals surface area contributed by atoms with Crippen molar-refractivity contribution < 1.29 is 13.6 Å². The third-order valence-electron chi connectivity index (χ3n) is 3.15. The fraction of sp³-hybridized carbons (Fsp3) is 0.0714. The van der Waals surface area contributed by atoms with Crippen molar-refractivity contribution >= 4 is 17.3 Å². The van der Waals surface area contributed by atoms with Gasteiger partial charge in [-0.25, -0.2) is 8.78 Å². The minimum absolute atomic E-state index is 0.256. The first-order valence-electron chi connectivity index (χ1n) is 5.71. The lowest BCUT2D eigenvalue weighted by Gasteiger charge is -2.15. The molecule has 3 nitrogen and oxygen atoms in total. The number of carbonyl (C=O) groups excluding carboxylic acids is 1. The molecule has 0 fully saturated rings. The van der Waals surface area contributed by atoms with Gasteiger partial charge in [-0.3, -0.25) is 4.79 Å². The van der Waals surface area contributed by atoms with Crippen LogP contribution in [0.3, 0.4) is 0 Å². The van der Waals surface area contributed by atoms with Crippen molar-refractivity contribution in [1.29, 1.82) is 0 Å². The van der Waals surface area contributed by atoms with Crippen molar-refractivity contribution in [2.24, 2.45) is 0 Å². The fourth-order valence-electron chi connectivity index (χ4n) is 2.18. The van der Waals surface area contributed by atoms with E-state index in [-0.39, 0.29) is 5.91 Å². The van der Waals surface area contributed by atoms with Gasteiger partial charge in [0.1, 0.15) is 0 Å². The monoisotopic (exact) mass is 260 g/mol. The number of amides is 1. The topological polar surface area (TPSA) is 46.3 Å². The maximum Gasteiger partial charge on any atom is 0.259 e. The molecule has 0 aliphatic carbocycles. The van der Waals surface area contributed by atoms with E-state index in [2.05, 4.69) is 0 Å². The fourth-order valence-corrected chi connectivity index (χ4v) is 2.18. The summed E-state index contributed by atoms with van der Waals surface area (Å²) in [6.45, 7) is 0.333. The zero-order chi connectivity index (χ0) is 13.6. The Labute approximate surface area is 108 Å². The Morgan fingerprint density at radius 1 is 1.05 bits per heavy atom. The van der Waals surface area contributed by atoms with Gasteiger partial charge in [-0.05, 0) is 29.8 Å². The predicted molar refractivity (Wildman–Crippen MR) is 67.7 cm³/mol. The average Bonchev–Trinajstić information content (AvgIpc) is 2.70. The standard InChI is InChI=1S/C14H10F2N2O/c15-12-4-3-10(6-13(12)16)18-7-8-1-2-9(17)5-11(8)14(18)19/h1-6H,7,17H2. The molecule has 0 atom stereocenters. The van der Waals surface area contributed by atoms with E-state index in [0.717, 1.165) is 17.7 Å². The summed E-state index contributed by atoms with van der Waals surface area (Å²) in [5.41, 5.74) is 7.80. The van der Waals surface area contributed by atoms with Crippen molar-refractivity contribution in [1.82, 2.24) is 0 Å². The molecular formula is C14H10F2N2O.